The average Bonchev–Trinajstić information content (AvgIpc) is 2.89. The first-order valence-electron chi connectivity index (χ1n) is 6.67. The molecular weight excluding hydrogens is 344 g/mol. The van der Waals surface area contributed by atoms with Crippen molar-refractivity contribution in [3.8, 4) is 5.75 Å². The first-order chi connectivity index (χ1) is 10.7. The van der Waals surface area contributed by atoms with Gasteiger partial charge in [0.15, 0.2) is 0 Å². The van der Waals surface area contributed by atoms with Crippen LogP contribution in [0.25, 0.3) is 6.08 Å². The summed E-state index contributed by atoms with van der Waals surface area (Å²) in [5.74, 6) is 1.13. The highest BCUT2D eigenvalue weighted by atomic mass is 79.9. The van der Waals surface area contributed by atoms with E-state index < -0.39 is 0 Å². The number of nitrogens with zero attached hydrogens (tertiary/aromatic N) is 1. The summed E-state index contributed by atoms with van der Waals surface area (Å²) < 4.78 is 6.05. The normalized spacial score (nSPS) is 15.6. The monoisotopic (exact) mass is 356 g/mol. The van der Waals surface area contributed by atoms with Gasteiger partial charge in [0.1, 0.15) is 17.3 Å². The minimum atomic E-state index is -0.203. The van der Waals surface area contributed by atoms with E-state index in [0.29, 0.717) is 11.5 Å². The van der Waals surface area contributed by atoms with Gasteiger partial charge in [0.05, 0.1) is 7.11 Å². The Morgan fingerprint density at radius 3 is 2.64 bits per heavy atom. The number of carbonyl (C=O) groups is 1. The second kappa shape index (κ2) is 6.15. The number of amidine groups is 1. The maximum absolute atomic E-state index is 12.0. The molecule has 1 heterocycles. The molecule has 0 unspecified atom stereocenters. The highest BCUT2D eigenvalue weighted by Gasteiger charge is 2.21. The Morgan fingerprint density at radius 2 is 1.95 bits per heavy atom. The molecule has 0 radical (unpaired) electrons. The van der Waals surface area contributed by atoms with Gasteiger partial charge < -0.3 is 10.1 Å². The summed E-state index contributed by atoms with van der Waals surface area (Å²) in [5, 5.41) is 2.79. The van der Waals surface area contributed by atoms with Gasteiger partial charge in [-0.25, -0.2) is 4.99 Å². The van der Waals surface area contributed by atoms with Gasteiger partial charge in [-0.2, -0.15) is 0 Å². The van der Waals surface area contributed by atoms with Crippen LogP contribution in [-0.2, 0) is 4.79 Å². The van der Waals surface area contributed by atoms with E-state index in [1.165, 1.54) is 0 Å². The molecule has 110 valence electrons. The fourth-order valence-electron chi connectivity index (χ4n) is 2.10. The molecule has 0 aliphatic carbocycles. The Hall–Kier alpha value is -2.40. The van der Waals surface area contributed by atoms with E-state index in [1.807, 2.05) is 48.5 Å². The van der Waals surface area contributed by atoms with Crippen LogP contribution in [0, 0.1) is 0 Å². The first kappa shape index (κ1) is 14.5. The Labute approximate surface area is 136 Å². The lowest BCUT2D eigenvalue weighted by molar-refractivity contribution is -0.115. The van der Waals surface area contributed by atoms with Crippen LogP contribution in [0.15, 0.2) is 63.7 Å². The smallest absolute Gasteiger partial charge is 0.275 e. The van der Waals surface area contributed by atoms with Crippen molar-refractivity contribution in [2.24, 2.45) is 4.99 Å². The molecule has 2 aromatic rings. The van der Waals surface area contributed by atoms with Crippen LogP contribution in [-0.4, -0.2) is 18.9 Å². The zero-order valence-corrected chi connectivity index (χ0v) is 13.4. The summed E-state index contributed by atoms with van der Waals surface area (Å²) in [6.45, 7) is 0. The molecule has 0 bridgehead atoms. The number of hydrogen-bond acceptors (Lipinski definition) is 3. The molecule has 0 atom stereocenters. The van der Waals surface area contributed by atoms with Crippen molar-refractivity contribution < 1.29 is 9.53 Å². The quantitative estimate of drug-likeness (QED) is 0.857. The second-order valence-corrected chi connectivity index (χ2v) is 5.64. The van der Waals surface area contributed by atoms with Crippen LogP contribution in [0.3, 0.4) is 0 Å². The third-order valence-electron chi connectivity index (χ3n) is 3.21. The van der Waals surface area contributed by atoms with Gasteiger partial charge in [-0.15, -0.1) is 0 Å². The van der Waals surface area contributed by atoms with Gasteiger partial charge in [-0.1, -0.05) is 40.2 Å². The molecule has 0 aromatic heterocycles. The van der Waals surface area contributed by atoms with E-state index in [-0.39, 0.29) is 5.91 Å². The molecule has 3 rings (SSSR count). The predicted molar refractivity (Wildman–Crippen MR) is 89.8 cm³/mol. The van der Waals surface area contributed by atoms with Crippen molar-refractivity contribution >= 4 is 33.7 Å². The van der Waals surface area contributed by atoms with E-state index in [9.17, 15) is 4.79 Å². The molecule has 1 aliphatic rings. The van der Waals surface area contributed by atoms with Crippen LogP contribution < -0.4 is 10.1 Å². The average molecular weight is 357 g/mol. The van der Waals surface area contributed by atoms with E-state index in [1.54, 1.807) is 13.2 Å². The lowest BCUT2D eigenvalue weighted by atomic mass is 10.2. The number of amides is 1. The van der Waals surface area contributed by atoms with Gasteiger partial charge in [-0.05, 0) is 35.9 Å². The summed E-state index contributed by atoms with van der Waals surface area (Å²) >= 11 is 3.41. The summed E-state index contributed by atoms with van der Waals surface area (Å²) in [5.41, 5.74) is 2.14. The van der Waals surface area contributed by atoms with E-state index in [2.05, 4.69) is 26.2 Å². The fraction of sp³-hybridized carbons (Fsp3) is 0.0588. The third-order valence-corrected chi connectivity index (χ3v) is 3.71. The number of ether oxygens (including phenoxy) is 1. The minimum Gasteiger partial charge on any atom is -0.497 e. The zero-order chi connectivity index (χ0) is 15.5. The Balaban J connectivity index is 1.90. The van der Waals surface area contributed by atoms with Crippen molar-refractivity contribution in [1.29, 1.82) is 0 Å². The van der Waals surface area contributed by atoms with Gasteiger partial charge in [-0.3, -0.25) is 4.79 Å². The number of rotatable bonds is 3. The molecule has 1 aliphatic heterocycles. The van der Waals surface area contributed by atoms with E-state index in [0.717, 1.165) is 21.3 Å². The molecule has 0 saturated heterocycles. The number of nitrogens with one attached hydrogen (secondary N) is 1. The molecule has 0 spiro atoms. The molecule has 2 aromatic carbocycles. The summed E-state index contributed by atoms with van der Waals surface area (Å²) in [4.78, 5) is 16.4. The van der Waals surface area contributed by atoms with Crippen LogP contribution >= 0.6 is 15.9 Å². The maximum atomic E-state index is 12.0. The van der Waals surface area contributed by atoms with Gasteiger partial charge in [0.2, 0.25) is 0 Å². The summed E-state index contributed by atoms with van der Waals surface area (Å²) in [6.07, 6.45) is 1.75. The Kier molecular flexibility index (Phi) is 4.06. The number of hydrogen-bond donors (Lipinski definition) is 1. The minimum absolute atomic E-state index is 0.203. The largest absolute Gasteiger partial charge is 0.497 e. The number of carbonyl (C=O) groups excluding carboxylic acids is 1. The second-order valence-electron chi connectivity index (χ2n) is 4.73. The van der Waals surface area contributed by atoms with Crippen molar-refractivity contribution in [1.82, 2.24) is 5.32 Å². The van der Waals surface area contributed by atoms with Crippen molar-refractivity contribution in [2.75, 3.05) is 7.11 Å². The van der Waals surface area contributed by atoms with Crippen LogP contribution in [0.2, 0.25) is 0 Å². The van der Waals surface area contributed by atoms with Crippen molar-refractivity contribution in [3.05, 3.63) is 69.8 Å². The highest BCUT2D eigenvalue weighted by molar-refractivity contribution is 9.10. The summed E-state index contributed by atoms with van der Waals surface area (Å²) in [7, 11) is 1.62. The standard InChI is InChI=1S/C17H13BrN2O2/c1-22-14-7-5-11(6-8-14)9-15-17(21)20-16(19-15)12-3-2-4-13(18)10-12/h2-10H,1H3,(H,19,20,21)/b15-9-. The number of halogens is 1. The molecular formula is C17H13BrN2O2. The zero-order valence-electron chi connectivity index (χ0n) is 11.8. The van der Waals surface area contributed by atoms with Crippen molar-refractivity contribution in [3.63, 3.8) is 0 Å². The summed E-state index contributed by atoms with van der Waals surface area (Å²) in [6, 6.07) is 15.1. The Morgan fingerprint density at radius 1 is 1.18 bits per heavy atom. The van der Waals surface area contributed by atoms with Gasteiger partial charge >= 0.3 is 0 Å². The topological polar surface area (TPSA) is 50.7 Å². The van der Waals surface area contributed by atoms with Gasteiger partial charge in [0.25, 0.3) is 5.91 Å². The first-order valence-corrected chi connectivity index (χ1v) is 7.47. The fourth-order valence-corrected chi connectivity index (χ4v) is 2.50. The lowest BCUT2D eigenvalue weighted by Crippen LogP contribution is -2.24. The molecule has 5 heteroatoms. The van der Waals surface area contributed by atoms with E-state index in [4.69, 9.17) is 4.74 Å². The predicted octanol–water partition coefficient (Wildman–Crippen LogP) is 3.38. The molecule has 4 nitrogen and oxygen atoms in total. The third kappa shape index (κ3) is 3.09. The number of methoxy groups -OCH3 is 1. The van der Waals surface area contributed by atoms with Crippen LogP contribution in [0.1, 0.15) is 11.1 Å². The van der Waals surface area contributed by atoms with E-state index >= 15 is 0 Å². The van der Waals surface area contributed by atoms with Crippen molar-refractivity contribution in [2.45, 2.75) is 0 Å². The lowest BCUT2D eigenvalue weighted by Gasteiger charge is -2.00. The maximum Gasteiger partial charge on any atom is 0.275 e. The SMILES string of the molecule is COc1ccc(/C=C2\N=C(c3cccc(Br)c3)NC2=O)cc1. The molecule has 0 saturated carbocycles. The number of benzene rings is 2. The van der Waals surface area contributed by atoms with Crippen LogP contribution in [0.5, 0.6) is 5.75 Å². The molecule has 0 fully saturated rings. The molecule has 1 N–H and O–H groups in total. The van der Waals surface area contributed by atoms with Crippen LogP contribution in [0.4, 0.5) is 0 Å². The molecule has 22 heavy (non-hydrogen) atoms. The van der Waals surface area contributed by atoms with Gasteiger partial charge in [0, 0.05) is 10.0 Å². The number of aliphatic imine (C=N–C) groups is 1. The highest BCUT2D eigenvalue weighted by Crippen LogP contribution is 2.19. The Bertz CT molecular complexity index is 780. The molecule has 1 amide bonds.